The van der Waals surface area contributed by atoms with Crippen LogP contribution in [0.2, 0.25) is 5.02 Å². The van der Waals surface area contributed by atoms with Crippen LogP contribution in [0.1, 0.15) is 30.6 Å². The zero-order chi connectivity index (χ0) is 14.4. The van der Waals surface area contributed by atoms with Gasteiger partial charge in [0.25, 0.3) is 5.91 Å². The van der Waals surface area contributed by atoms with Crippen molar-refractivity contribution in [2.75, 3.05) is 7.05 Å². The first kappa shape index (κ1) is 15.5. The first-order chi connectivity index (χ1) is 8.99. The van der Waals surface area contributed by atoms with Gasteiger partial charge in [0.2, 0.25) is 5.91 Å². The van der Waals surface area contributed by atoms with Crippen molar-refractivity contribution < 1.29 is 9.59 Å². The van der Waals surface area contributed by atoms with Gasteiger partial charge < -0.3 is 10.6 Å². The van der Waals surface area contributed by atoms with E-state index >= 15 is 0 Å². The molecule has 2 atom stereocenters. The molecule has 0 aliphatic carbocycles. The van der Waals surface area contributed by atoms with Crippen molar-refractivity contribution in [2.24, 2.45) is 5.92 Å². The fourth-order valence-electron chi connectivity index (χ4n) is 1.68. The molecule has 2 amide bonds. The van der Waals surface area contributed by atoms with Gasteiger partial charge in [-0.1, -0.05) is 31.9 Å². The summed E-state index contributed by atoms with van der Waals surface area (Å²) in [7, 11) is 1.56. The number of benzene rings is 1. The summed E-state index contributed by atoms with van der Waals surface area (Å²) in [4.78, 5) is 23.9. The monoisotopic (exact) mass is 282 g/mol. The van der Waals surface area contributed by atoms with Crippen LogP contribution < -0.4 is 10.6 Å². The van der Waals surface area contributed by atoms with E-state index in [2.05, 4.69) is 10.6 Å². The highest BCUT2D eigenvalue weighted by atomic mass is 35.5. The van der Waals surface area contributed by atoms with Gasteiger partial charge in [0.1, 0.15) is 6.04 Å². The number of hydrogen-bond donors (Lipinski definition) is 2. The van der Waals surface area contributed by atoms with E-state index in [0.717, 1.165) is 6.42 Å². The number of carbonyl (C=O) groups is 2. The van der Waals surface area contributed by atoms with E-state index in [1.54, 1.807) is 31.3 Å². The molecule has 0 fully saturated rings. The van der Waals surface area contributed by atoms with Crippen LogP contribution in [0.25, 0.3) is 0 Å². The van der Waals surface area contributed by atoms with E-state index in [9.17, 15) is 9.59 Å². The Morgan fingerprint density at radius 3 is 2.32 bits per heavy atom. The van der Waals surface area contributed by atoms with E-state index in [1.807, 2.05) is 13.8 Å². The van der Waals surface area contributed by atoms with Gasteiger partial charge in [0.15, 0.2) is 0 Å². The number of hydrogen-bond acceptors (Lipinski definition) is 2. The van der Waals surface area contributed by atoms with Gasteiger partial charge in [-0.25, -0.2) is 0 Å². The number of rotatable bonds is 5. The van der Waals surface area contributed by atoms with Crippen molar-refractivity contribution in [3.05, 3.63) is 34.9 Å². The van der Waals surface area contributed by atoms with Crippen molar-refractivity contribution in [2.45, 2.75) is 26.3 Å². The Balaban J connectivity index is 2.81. The van der Waals surface area contributed by atoms with Gasteiger partial charge in [-0.05, 0) is 30.2 Å². The Bertz CT molecular complexity index is 445. The lowest BCUT2D eigenvalue weighted by molar-refractivity contribution is -0.123. The molecule has 0 saturated heterocycles. The minimum Gasteiger partial charge on any atom is -0.357 e. The molecule has 4 nitrogen and oxygen atoms in total. The summed E-state index contributed by atoms with van der Waals surface area (Å²) in [6, 6.07) is 6.03. The zero-order valence-corrected chi connectivity index (χ0v) is 12.1. The van der Waals surface area contributed by atoms with Crippen molar-refractivity contribution in [3.8, 4) is 0 Å². The van der Waals surface area contributed by atoms with Crippen LogP contribution in [0.4, 0.5) is 0 Å². The summed E-state index contributed by atoms with van der Waals surface area (Å²) in [5, 5.41) is 5.90. The highest BCUT2D eigenvalue weighted by Gasteiger charge is 2.25. The molecule has 5 heteroatoms. The van der Waals surface area contributed by atoms with E-state index in [1.165, 1.54) is 0 Å². The van der Waals surface area contributed by atoms with Crippen LogP contribution in [0.15, 0.2) is 24.3 Å². The second kappa shape index (κ2) is 7.14. The van der Waals surface area contributed by atoms with Crippen molar-refractivity contribution in [1.29, 1.82) is 0 Å². The minimum atomic E-state index is -0.529. The van der Waals surface area contributed by atoms with Crippen LogP contribution in [0.3, 0.4) is 0 Å². The molecule has 0 radical (unpaired) electrons. The first-order valence-electron chi connectivity index (χ1n) is 6.27. The Labute approximate surface area is 118 Å². The molecular weight excluding hydrogens is 264 g/mol. The molecule has 2 unspecified atom stereocenters. The maximum Gasteiger partial charge on any atom is 0.251 e. The lowest BCUT2D eigenvalue weighted by Crippen LogP contribution is -2.49. The lowest BCUT2D eigenvalue weighted by Gasteiger charge is -2.22. The Kier molecular flexibility index (Phi) is 5.83. The van der Waals surface area contributed by atoms with Gasteiger partial charge in [-0.2, -0.15) is 0 Å². The second-order valence-electron chi connectivity index (χ2n) is 4.46. The third kappa shape index (κ3) is 4.24. The fourth-order valence-corrected chi connectivity index (χ4v) is 1.81. The Morgan fingerprint density at radius 1 is 1.26 bits per heavy atom. The van der Waals surface area contributed by atoms with E-state index < -0.39 is 6.04 Å². The SMILES string of the molecule is CCC(C)C(NC(=O)c1ccc(Cl)cc1)C(=O)NC. The van der Waals surface area contributed by atoms with E-state index in [-0.39, 0.29) is 17.7 Å². The number of carbonyl (C=O) groups excluding carboxylic acids is 2. The van der Waals surface area contributed by atoms with Gasteiger partial charge >= 0.3 is 0 Å². The van der Waals surface area contributed by atoms with Gasteiger partial charge in [0.05, 0.1) is 0 Å². The van der Waals surface area contributed by atoms with Crippen molar-refractivity contribution in [1.82, 2.24) is 10.6 Å². The highest BCUT2D eigenvalue weighted by Crippen LogP contribution is 2.12. The van der Waals surface area contributed by atoms with Crippen molar-refractivity contribution >= 4 is 23.4 Å². The molecule has 104 valence electrons. The minimum absolute atomic E-state index is 0.0659. The normalized spacial score (nSPS) is 13.5. The van der Waals surface area contributed by atoms with Crippen LogP contribution in [0, 0.1) is 5.92 Å². The summed E-state index contributed by atoms with van der Waals surface area (Å²) in [6.07, 6.45) is 0.805. The second-order valence-corrected chi connectivity index (χ2v) is 4.89. The Hall–Kier alpha value is -1.55. The van der Waals surface area contributed by atoms with Crippen LogP contribution in [-0.4, -0.2) is 24.9 Å². The number of nitrogens with one attached hydrogen (secondary N) is 2. The third-order valence-electron chi connectivity index (χ3n) is 3.13. The van der Waals surface area contributed by atoms with Gasteiger partial charge in [-0.15, -0.1) is 0 Å². The summed E-state index contributed by atoms with van der Waals surface area (Å²) in [5.41, 5.74) is 0.488. The number of likely N-dealkylation sites (N-methyl/N-ethyl adjacent to an activating group) is 1. The molecule has 0 aliphatic rings. The van der Waals surface area contributed by atoms with E-state index in [0.29, 0.717) is 10.6 Å². The summed E-state index contributed by atoms with van der Waals surface area (Å²) >= 11 is 5.77. The maximum absolute atomic E-state index is 12.1. The predicted molar refractivity (Wildman–Crippen MR) is 76.2 cm³/mol. The molecule has 19 heavy (non-hydrogen) atoms. The molecular formula is C14H19ClN2O2. The molecule has 1 aromatic carbocycles. The smallest absolute Gasteiger partial charge is 0.251 e. The molecule has 0 bridgehead atoms. The molecule has 1 aromatic rings. The highest BCUT2D eigenvalue weighted by molar-refractivity contribution is 6.30. The number of amides is 2. The first-order valence-corrected chi connectivity index (χ1v) is 6.65. The molecule has 0 spiro atoms. The Morgan fingerprint density at radius 2 is 1.84 bits per heavy atom. The molecule has 0 aromatic heterocycles. The standard InChI is InChI=1S/C14H19ClN2O2/c1-4-9(2)12(14(19)16-3)17-13(18)10-5-7-11(15)8-6-10/h5-9,12H,4H2,1-3H3,(H,16,19)(H,17,18). The fraction of sp³-hybridized carbons (Fsp3) is 0.429. The lowest BCUT2D eigenvalue weighted by atomic mass is 9.98. The van der Waals surface area contributed by atoms with Crippen LogP contribution in [-0.2, 0) is 4.79 Å². The summed E-state index contributed by atoms with van der Waals surface area (Å²) < 4.78 is 0. The quantitative estimate of drug-likeness (QED) is 0.870. The number of halogens is 1. The average Bonchev–Trinajstić information content (AvgIpc) is 2.43. The summed E-state index contributed by atoms with van der Waals surface area (Å²) in [5.74, 6) is -0.390. The van der Waals surface area contributed by atoms with Gasteiger partial charge in [0, 0.05) is 17.6 Å². The van der Waals surface area contributed by atoms with E-state index in [4.69, 9.17) is 11.6 Å². The third-order valence-corrected chi connectivity index (χ3v) is 3.39. The summed E-state index contributed by atoms with van der Waals surface area (Å²) in [6.45, 7) is 3.91. The van der Waals surface area contributed by atoms with Crippen LogP contribution >= 0.6 is 11.6 Å². The zero-order valence-electron chi connectivity index (χ0n) is 11.4. The molecule has 0 saturated carbocycles. The van der Waals surface area contributed by atoms with Gasteiger partial charge in [-0.3, -0.25) is 9.59 Å². The maximum atomic E-state index is 12.1. The molecule has 0 heterocycles. The van der Waals surface area contributed by atoms with Crippen molar-refractivity contribution in [3.63, 3.8) is 0 Å². The molecule has 2 N–H and O–H groups in total. The topological polar surface area (TPSA) is 58.2 Å². The molecule has 1 rings (SSSR count). The average molecular weight is 283 g/mol. The molecule has 0 aliphatic heterocycles. The predicted octanol–water partition coefficient (Wildman–Crippen LogP) is 2.23. The largest absolute Gasteiger partial charge is 0.357 e. The van der Waals surface area contributed by atoms with Crippen LogP contribution in [0.5, 0.6) is 0 Å².